The molecule has 0 spiro atoms. The maximum atomic E-state index is 12.6. The minimum atomic E-state index is -1.01. The summed E-state index contributed by atoms with van der Waals surface area (Å²) in [5.41, 5.74) is 1.25. The largest absolute Gasteiger partial charge is 0.496 e. The minimum absolute atomic E-state index is 0.249. The average molecular weight is 374 g/mol. The molecule has 0 aliphatic rings. The third-order valence-electron chi connectivity index (χ3n) is 4.22. The monoisotopic (exact) mass is 374 g/mol. The number of amides is 1. The number of hydrogen-bond acceptors (Lipinski definition) is 5. The molecule has 3 rings (SSSR count). The van der Waals surface area contributed by atoms with Crippen LogP contribution in [0, 0.1) is 11.3 Å². The molecule has 0 saturated heterocycles. The number of esters is 1. The first-order chi connectivity index (χ1) is 13.5. The summed E-state index contributed by atoms with van der Waals surface area (Å²) in [7, 11) is 1.47. The Bertz CT molecular complexity index is 1070. The van der Waals surface area contributed by atoms with Gasteiger partial charge in [-0.2, -0.15) is 5.26 Å². The van der Waals surface area contributed by atoms with Crippen LogP contribution < -0.4 is 10.1 Å². The molecule has 1 amide bonds. The zero-order valence-corrected chi connectivity index (χ0v) is 15.4. The third-order valence-corrected chi connectivity index (χ3v) is 4.22. The van der Waals surface area contributed by atoms with Gasteiger partial charge in [0.2, 0.25) is 0 Å². The first kappa shape index (κ1) is 18.9. The number of methoxy groups -OCH3 is 1. The first-order valence-corrected chi connectivity index (χ1v) is 8.60. The van der Waals surface area contributed by atoms with Gasteiger partial charge in [0.1, 0.15) is 11.3 Å². The standard InChI is InChI=1S/C22H18N2O4/c1-14(21(25)24-18-9-7-15(13-23)8-10-18)28-22(26)19-11-16-5-3-4-6-17(16)12-20(19)27-2/h3-12,14H,1-2H3,(H,24,25)/t14-/m0/s1. The Balaban J connectivity index is 1.73. The van der Waals surface area contributed by atoms with E-state index in [1.165, 1.54) is 14.0 Å². The summed E-state index contributed by atoms with van der Waals surface area (Å²) in [6.45, 7) is 1.49. The summed E-state index contributed by atoms with van der Waals surface area (Å²) in [6, 6.07) is 19.4. The van der Waals surface area contributed by atoms with E-state index in [0.717, 1.165) is 10.8 Å². The second kappa shape index (κ2) is 8.23. The van der Waals surface area contributed by atoms with Gasteiger partial charge >= 0.3 is 5.97 Å². The fraction of sp³-hybridized carbons (Fsp3) is 0.136. The van der Waals surface area contributed by atoms with Crippen molar-refractivity contribution in [1.82, 2.24) is 0 Å². The Morgan fingerprint density at radius 2 is 1.68 bits per heavy atom. The molecule has 0 aliphatic heterocycles. The van der Waals surface area contributed by atoms with E-state index in [-0.39, 0.29) is 5.56 Å². The van der Waals surface area contributed by atoms with Crippen LogP contribution in [0.3, 0.4) is 0 Å². The minimum Gasteiger partial charge on any atom is -0.496 e. The van der Waals surface area contributed by atoms with Crippen LogP contribution in [0.2, 0.25) is 0 Å². The number of carbonyl (C=O) groups is 2. The predicted octanol–water partition coefficient (Wildman–Crippen LogP) is 3.90. The van der Waals surface area contributed by atoms with Crippen LogP contribution in [0.15, 0.2) is 60.7 Å². The van der Waals surface area contributed by atoms with Crippen molar-refractivity contribution in [2.45, 2.75) is 13.0 Å². The van der Waals surface area contributed by atoms with E-state index < -0.39 is 18.0 Å². The average Bonchev–Trinajstić information content (AvgIpc) is 2.73. The van der Waals surface area contributed by atoms with Gasteiger partial charge in [-0.05, 0) is 54.1 Å². The van der Waals surface area contributed by atoms with Crippen molar-refractivity contribution in [1.29, 1.82) is 5.26 Å². The van der Waals surface area contributed by atoms with Gasteiger partial charge in [-0.25, -0.2) is 4.79 Å². The molecular weight excluding hydrogens is 356 g/mol. The van der Waals surface area contributed by atoms with Gasteiger partial charge in [0.25, 0.3) is 5.91 Å². The van der Waals surface area contributed by atoms with Crippen LogP contribution >= 0.6 is 0 Å². The molecule has 1 atom stereocenters. The second-order valence-corrected chi connectivity index (χ2v) is 6.13. The summed E-state index contributed by atoms with van der Waals surface area (Å²) in [4.78, 5) is 24.9. The number of benzene rings is 3. The summed E-state index contributed by atoms with van der Waals surface area (Å²) in [5.74, 6) is -0.744. The number of nitriles is 1. The van der Waals surface area contributed by atoms with Gasteiger partial charge < -0.3 is 14.8 Å². The van der Waals surface area contributed by atoms with Gasteiger partial charge in [-0.1, -0.05) is 24.3 Å². The SMILES string of the molecule is COc1cc2ccccc2cc1C(=O)O[C@@H](C)C(=O)Nc1ccc(C#N)cc1. The fourth-order valence-electron chi connectivity index (χ4n) is 2.70. The zero-order valence-electron chi connectivity index (χ0n) is 15.4. The Hall–Kier alpha value is -3.85. The molecule has 0 radical (unpaired) electrons. The van der Waals surface area contributed by atoms with Crippen LogP contribution in [0.25, 0.3) is 10.8 Å². The molecule has 0 fully saturated rings. The summed E-state index contributed by atoms with van der Waals surface area (Å²) in [5, 5.41) is 13.3. The number of fused-ring (bicyclic) bond motifs is 1. The molecule has 0 heterocycles. The number of hydrogen-bond donors (Lipinski definition) is 1. The maximum absolute atomic E-state index is 12.6. The predicted molar refractivity (Wildman–Crippen MR) is 105 cm³/mol. The normalized spacial score (nSPS) is 11.3. The third kappa shape index (κ3) is 4.10. The van der Waals surface area contributed by atoms with Crippen molar-refractivity contribution in [3.05, 3.63) is 71.8 Å². The van der Waals surface area contributed by atoms with Crippen LogP contribution in [0.5, 0.6) is 5.75 Å². The second-order valence-electron chi connectivity index (χ2n) is 6.13. The van der Waals surface area contributed by atoms with Gasteiger partial charge in [0.15, 0.2) is 6.10 Å². The smallest absolute Gasteiger partial charge is 0.342 e. The van der Waals surface area contributed by atoms with Crippen molar-refractivity contribution in [2.75, 3.05) is 12.4 Å². The Kier molecular flexibility index (Phi) is 5.56. The van der Waals surface area contributed by atoms with Crippen molar-refractivity contribution in [3.8, 4) is 11.8 Å². The first-order valence-electron chi connectivity index (χ1n) is 8.60. The van der Waals surface area contributed by atoms with Gasteiger partial charge in [-0.15, -0.1) is 0 Å². The maximum Gasteiger partial charge on any atom is 0.342 e. The number of nitrogens with zero attached hydrogens (tertiary/aromatic N) is 1. The van der Waals surface area contributed by atoms with E-state index in [0.29, 0.717) is 17.0 Å². The number of ether oxygens (including phenoxy) is 2. The van der Waals surface area contributed by atoms with Crippen molar-refractivity contribution in [2.24, 2.45) is 0 Å². The van der Waals surface area contributed by atoms with Crippen molar-refractivity contribution < 1.29 is 19.1 Å². The molecule has 6 nitrogen and oxygen atoms in total. The topological polar surface area (TPSA) is 88.4 Å². The molecule has 0 aromatic heterocycles. The van der Waals surface area contributed by atoms with E-state index in [1.54, 1.807) is 36.4 Å². The molecule has 3 aromatic rings. The molecule has 0 saturated carbocycles. The Morgan fingerprint density at radius 1 is 1.04 bits per heavy atom. The molecule has 28 heavy (non-hydrogen) atoms. The van der Waals surface area contributed by atoms with Crippen molar-refractivity contribution >= 4 is 28.3 Å². The molecular formula is C22H18N2O4. The lowest BCUT2D eigenvalue weighted by molar-refractivity contribution is -0.123. The van der Waals surface area contributed by atoms with E-state index in [4.69, 9.17) is 14.7 Å². The molecule has 3 aromatic carbocycles. The lowest BCUT2D eigenvalue weighted by Gasteiger charge is -2.15. The molecule has 0 aliphatic carbocycles. The van der Waals surface area contributed by atoms with Gasteiger partial charge in [-0.3, -0.25) is 4.79 Å². The molecule has 6 heteroatoms. The Morgan fingerprint density at radius 3 is 2.29 bits per heavy atom. The number of rotatable bonds is 5. The Labute approximate surface area is 162 Å². The quantitative estimate of drug-likeness (QED) is 0.684. The molecule has 140 valence electrons. The summed E-state index contributed by atoms with van der Waals surface area (Å²) < 4.78 is 10.6. The number of nitrogens with one attached hydrogen (secondary N) is 1. The summed E-state index contributed by atoms with van der Waals surface area (Å²) >= 11 is 0. The molecule has 0 bridgehead atoms. The number of anilines is 1. The van der Waals surface area contributed by atoms with Gasteiger partial charge in [0.05, 0.1) is 18.7 Å². The van der Waals surface area contributed by atoms with Crippen molar-refractivity contribution in [3.63, 3.8) is 0 Å². The van der Waals surface area contributed by atoms with Crippen LogP contribution in [-0.4, -0.2) is 25.1 Å². The highest BCUT2D eigenvalue weighted by molar-refractivity contribution is 6.01. The van der Waals surface area contributed by atoms with E-state index >= 15 is 0 Å². The fourth-order valence-corrected chi connectivity index (χ4v) is 2.70. The molecule has 1 N–H and O–H groups in total. The lowest BCUT2D eigenvalue weighted by Crippen LogP contribution is -2.30. The highest BCUT2D eigenvalue weighted by Crippen LogP contribution is 2.27. The highest BCUT2D eigenvalue weighted by Gasteiger charge is 2.22. The summed E-state index contributed by atoms with van der Waals surface area (Å²) in [6.07, 6.45) is -1.01. The van der Waals surface area contributed by atoms with E-state index in [2.05, 4.69) is 5.32 Å². The zero-order chi connectivity index (χ0) is 20.1. The van der Waals surface area contributed by atoms with Crippen LogP contribution in [0.1, 0.15) is 22.8 Å². The van der Waals surface area contributed by atoms with E-state index in [1.807, 2.05) is 30.3 Å². The number of carbonyl (C=O) groups excluding carboxylic acids is 2. The van der Waals surface area contributed by atoms with Gasteiger partial charge in [0, 0.05) is 5.69 Å². The van der Waals surface area contributed by atoms with E-state index in [9.17, 15) is 9.59 Å². The highest BCUT2D eigenvalue weighted by atomic mass is 16.5. The van der Waals surface area contributed by atoms with Crippen LogP contribution in [-0.2, 0) is 9.53 Å². The molecule has 0 unspecified atom stereocenters. The van der Waals surface area contributed by atoms with Crippen LogP contribution in [0.4, 0.5) is 5.69 Å². The lowest BCUT2D eigenvalue weighted by atomic mass is 10.1.